The molecule has 0 bridgehead atoms. The Bertz CT molecular complexity index is 471. The average molecular weight is 322 g/mol. The summed E-state index contributed by atoms with van der Waals surface area (Å²) in [6.07, 6.45) is 1.73. The minimum absolute atomic E-state index is 0.435. The minimum atomic E-state index is -0.435. The van der Waals surface area contributed by atoms with Gasteiger partial charge in [0.15, 0.2) is 0 Å². The van der Waals surface area contributed by atoms with Crippen molar-refractivity contribution in [3.8, 4) is 6.07 Å². The highest BCUT2D eigenvalue weighted by Gasteiger charge is 2.35. The molecule has 4 heteroatoms. The second-order valence-electron chi connectivity index (χ2n) is 5.43. The number of nitriles is 1. The maximum absolute atomic E-state index is 9.57. The maximum atomic E-state index is 9.57. The molecule has 1 N–H and O–H groups in total. The van der Waals surface area contributed by atoms with Crippen LogP contribution in [0.25, 0.3) is 0 Å². The van der Waals surface area contributed by atoms with Gasteiger partial charge < -0.3 is 10.2 Å². The Kier molecular flexibility index (Phi) is 4.49. The maximum Gasteiger partial charge on any atom is 0.127 e. The highest BCUT2D eigenvalue weighted by atomic mass is 79.9. The fourth-order valence-electron chi connectivity index (χ4n) is 2.51. The van der Waals surface area contributed by atoms with E-state index in [1.54, 1.807) is 0 Å². The van der Waals surface area contributed by atoms with Crippen LogP contribution in [-0.2, 0) is 0 Å². The van der Waals surface area contributed by atoms with Crippen LogP contribution in [0.15, 0.2) is 28.7 Å². The van der Waals surface area contributed by atoms with E-state index in [-0.39, 0.29) is 0 Å². The number of benzene rings is 1. The van der Waals surface area contributed by atoms with E-state index >= 15 is 0 Å². The molecule has 0 radical (unpaired) electrons. The van der Waals surface area contributed by atoms with Crippen LogP contribution in [0.3, 0.4) is 0 Å². The highest BCUT2D eigenvalue weighted by Crippen LogP contribution is 2.30. The molecule has 1 saturated heterocycles. The molecule has 0 aliphatic carbocycles. The minimum Gasteiger partial charge on any atom is -0.366 e. The van der Waals surface area contributed by atoms with Crippen molar-refractivity contribution in [1.29, 1.82) is 5.26 Å². The van der Waals surface area contributed by atoms with Crippen LogP contribution in [0.5, 0.6) is 0 Å². The largest absolute Gasteiger partial charge is 0.366 e. The molecule has 1 aliphatic heterocycles. The summed E-state index contributed by atoms with van der Waals surface area (Å²) in [6.45, 7) is 6.37. The van der Waals surface area contributed by atoms with E-state index in [0.717, 1.165) is 36.1 Å². The fourth-order valence-corrected chi connectivity index (χ4v) is 2.89. The van der Waals surface area contributed by atoms with E-state index in [1.807, 2.05) is 24.3 Å². The lowest BCUT2D eigenvalue weighted by Crippen LogP contribution is -2.50. The lowest BCUT2D eigenvalue weighted by atomic mass is 9.88. The van der Waals surface area contributed by atoms with E-state index in [0.29, 0.717) is 6.04 Å². The van der Waals surface area contributed by atoms with Crippen LogP contribution in [0.2, 0.25) is 0 Å². The molecule has 102 valence electrons. The van der Waals surface area contributed by atoms with E-state index in [2.05, 4.69) is 46.1 Å². The van der Waals surface area contributed by atoms with Gasteiger partial charge in [-0.15, -0.1) is 0 Å². The Hall–Kier alpha value is -1.05. The van der Waals surface area contributed by atoms with Crippen LogP contribution in [0.4, 0.5) is 5.69 Å². The number of hydrogen-bond acceptors (Lipinski definition) is 3. The summed E-state index contributed by atoms with van der Waals surface area (Å²) in [5.74, 6) is 0. The molecule has 2 rings (SSSR count). The summed E-state index contributed by atoms with van der Waals surface area (Å²) < 4.78 is 1.01. The van der Waals surface area contributed by atoms with Crippen molar-refractivity contribution in [2.24, 2.45) is 0 Å². The van der Waals surface area contributed by atoms with Gasteiger partial charge in [0, 0.05) is 29.3 Å². The van der Waals surface area contributed by atoms with Gasteiger partial charge in [0.1, 0.15) is 5.54 Å². The quantitative estimate of drug-likeness (QED) is 0.924. The molecule has 0 spiro atoms. The molecule has 1 aliphatic rings. The number of para-hydroxylation sites is 1. The van der Waals surface area contributed by atoms with Crippen molar-refractivity contribution in [3.05, 3.63) is 28.7 Å². The van der Waals surface area contributed by atoms with Crippen molar-refractivity contribution < 1.29 is 0 Å². The summed E-state index contributed by atoms with van der Waals surface area (Å²) in [4.78, 5) is 2.43. The van der Waals surface area contributed by atoms with Gasteiger partial charge in [0.05, 0.1) is 6.07 Å². The number of piperidine rings is 1. The lowest BCUT2D eigenvalue weighted by molar-refractivity contribution is 0.160. The van der Waals surface area contributed by atoms with Gasteiger partial charge >= 0.3 is 0 Å². The van der Waals surface area contributed by atoms with Crippen LogP contribution in [0.1, 0.15) is 26.7 Å². The number of anilines is 1. The molecule has 3 nitrogen and oxygen atoms in total. The van der Waals surface area contributed by atoms with Gasteiger partial charge in [-0.25, -0.2) is 0 Å². The molecule has 1 heterocycles. The van der Waals surface area contributed by atoms with Crippen molar-refractivity contribution in [1.82, 2.24) is 4.90 Å². The van der Waals surface area contributed by atoms with Gasteiger partial charge in [0.25, 0.3) is 0 Å². The van der Waals surface area contributed by atoms with Crippen molar-refractivity contribution in [3.63, 3.8) is 0 Å². The summed E-state index contributed by atoms with van der Waals surface area (Å²) >= 11 is 3.53. The second kappa shape index (κ2) is 5.94. The first kappa shape index (κ1) is 14.4. The molecule has 0 amide bonds. The monoisotopic (exact) mass is 321 g/mol. The van der Waals surface area contributed by atoms with E-state index in [4.69, 9.17) is 0 Å². The molecule has 0 aromatic heterocycles. The van der Waals surface area contributed by atoms with Crippen LogP contribution < -0.4 is 5.32 Å². The Morgan fingerprint density at radius 1 is 1.32 bits per heavy atom. The fraction of sp³-hybridized carbons (Fsp3) is 0.533. The predicted octanol–water partition coefficient (Wildman–Crippen LogP) is 3.63. The van der Waals surface area contributed by atoms with Crippen LogP contribution in [-0.4, -0.2) is 29.6 Å². The van der Waals surface area contributed by atoms with Gasteiger partial charge in [-0.05, 0) is 54.8 Å². The van der Waals surface area contributed by atoms with Crippen molar-refractivity contribution in [2.75, 3.05) is 18.4 Å². The van der Waals surface area contributed by atoms with Crippen LogP contribution >= 0.6 is 15.9 Å². The first-order chi connectivity index (χ1) is 9.06. The van der Waals surface area contributed by atoms with E-state index in [9.17, 15) is 5.26 Å². The van der Waals surface area contributed by atoms with Gasteiger partial charge in [0.2, 0.25) is 0 Å². The predicted molar refractivity (Wildman–Crippen MR) is 82.1 cm³/mol. The number of nitrogens with zero attached hydrogens (tertiary/aromatic N) is 2. The molecule has 1 aromatic carbocycles. The van der Waals surface area contributed by atoms with Gasteiger partial charge in [-0.3, -0.25) is 0 Å². The molecule has 19 heavy (non-hydrogen) atoms. The second-order valence-corrected chi connectivity index (χ2v) is 6.28. The molecular weight excluding hydrogens is 302 g/mol. The van der Waals surface area contributed by atoms with Crippen molar-refractivity contribution in [2.45, 2.75) is 38.3 Å². The third-order valence-electron chi connectivity index (χ3n) is 3.84. The summed E-state index contributed by atoms with van der Waals surface area (Å²) in [5, 5.41) is 13.0. The molecule has 0 unspecified atom stereocenters. The van der Waals surface area contributed by atoms with Crippen LogP contribution in [0, 0.1) is 11.3 Å². The zero-order valence-electron chi connectivity index (χ0n) is 11.5. The zero-order chi connectivity index (χ0) is 13.9. The topological polar surface area (TPSA) is 39.1 Å². The molecule has 1 aromatic rings. The Balaban J connectivity index is 2.10. The molecular formula is C15H20BrN3. The third kappa shape index (κ3) is 3.29. The first-order valence-corrected chi connectivity index (χ1v) is 7.54. The van der Waals surface area contributed by atoms with Gasteiger partial charge in [-0.2, -0.15) is 5.26 Å². The summed E-state index contributed by atoms with van der Waals surface area (Å²) in [6, 6.07) is 11.0. The summed E-state index contributed by atoms with van der Waals surface area (Å²) in [5.41, 5.74) is 0.567. The van der Waals surface area contributed by atoms with Crippen molar-refractivity contribution >= 4 is 21.6 Å². The SMILES string of the molecule is CC(C)N1CCC(C#N)(Nc2ccccc2Br)CC1. The van der Waals surface area contributed by atoms with E-state index in [1.165, 1.54) is 0 Å². The zero-order valence-corrected chi connectivity index (χ0v) is 13.1. The lowest BCUT2D eigenvalue weighted by Gasteiger charge is -2.40. The number of halogens is 1. The molecule has 0 atom stereocenters. The first-order valence-electron chi connectivity index (χ1n) is 6.74. The Morgan fingerprint density at radius 2 is 1.95 bits per heavy atom. The highest BCUT2D eigenvalue weighted by molar-refractivity contribution is 9.10. The van der Waals surface area contributed by atoms with Gasteiger partial charge in [-0.1, -0.05) is 12.1 Å². The molecule has 0 saturated carbocycles. The smallest absolute Gasteiger partial charge is 0.127 e. The third-order valence-corrected chi connectivity index (χ3v) is 4.54. The number of rotatable bonds is 3. The molecule has 1 fully saturated rings. The number of likely N-dealkylation sites (tertiary alicyclic amines) is 1. The average Bonchev–Trinajstić information content (AvgIpc) is 2.42. The number of hydrogen-bond donors (Lipinski definition) is 1. The standard InChI is InChI=1S/C15H20BrN3/c1-12(2)19-9-7-15(11-17,8-10-19)18-14-6-4-3-5-13(14)16/h3-6,12,18H,7-10H2,1-2H3. The normalized spacial score (nSPS) is 19.1. The number of nitrogens with one attached hydrogen (secondary N) is 1. The summed E-state index contributed by atoms with van der Waals surface area (Å²) in [7, 11) is 0. The van der Waals surface area contributed by atoms with E-state index < -0.39 is 5.54 Å². The Morgan fingerprint density at radius 3 is 2.47 bits per heavy atom. The Labute approximate surface area is 123 Å².